The van der Waals surface area contributed by atoms with Gasteiger partial charge in [0.15, 0.2) is 5.78 Å². The van der Waals surface area contributed by atoms with E-state index < -0.39 is 0 Å². The van der Waals surface area contributed by atoms with Gasteiger partial charge in [-0.15, -0.1) is 0 Å². The molecule has 128 valence electrons. The molecule has 2 aliphatic heterocycles. The fraction of sp³-hybridized carbons (Fsp3) is 0.579. The zero-order valence-electron chi connectivity index (χ0n) is 14.3. The smallest absolute Gasteiger partial charge is 0.161 e. The summed E-state index contributed by atoms with van der Waals surface area (Å²) in [6.07, 6.45) is 3.30. The summed E-state index contributed by atoms with van der Waals surface area (Å²) in [6, 6.07) is 7.74. The van der Waals surface area contributed by atoms with Gasteiger partial charge in [-0.25, -0.2) is 0 Å². The van der Waals surface area contributed by atoms with Gasteiger partial charge in [-0.1, -0.05) is 0 Å². The Bertz CT molecular complexity index is 624. The van der Waals surface area contributed by atoms with Gasteiger partial charge in [0.2, 0.25) is 0 Å². The standard InChI is InChI=1S/C19H25N3O2/c1-14(23)18-3-2-15(11-20)10-19(18)21-17-4-7-22(8-5-17)12-16-6-9-24-13-16/h2-3,10,16-17,21H,4-9,12-13H2,1H3. The summed E-state index contributed by atoms with van der Waals surface area (Å²) < 4.78 is 5.46. The second-order valence-corrected chi connectivity index (χ2v) is 6.88. The quantitative estimate of drug-likeness (QED) is 0.842. The minimum absolute atomic E-state index is 0.0284. The zero-order valence-corrected chi connectivity index (χ0v) is 14.3. The second kappa shape index (κ2) is 7.78. The number of rotatable bonds is 5. The zero-order chi connectivity index (χ0) is 16.9. The van der Waals surface area contributed by atoms with Crippen molar-refractivity contribution < 1.29 is 9.53 Å². The van der Waals surface area contributed by atoms with Crippen LogP contribution < -0.4 is 5.32 Å². The molecular weight excluding hydrogens is 302 g/mol. The largest absolute Gasteiger partial charge is 0.382 e. The normalized spacial score (nSPS) is 22.2. The Morgan fingerprint density at radius 1 is 1.38 bits per heavy atom. The third-order valence-electron chi connectivity index (χ3n) is 5.02. The number of nitrogens with one attached hydrogen (secondary N) is 1. The molecule has 0 bridgehead atoms. The van der Waals surface area contributed by atoms with Crippen LogP contribution in [0.15, 0.2) is 18.2 Å². The second-order valence-electron chi connectivity index (χ2n) is 6.88. The Balaban J connectivity index is 1.57. The van der Waals surface area contributed by atoms with Crippen molar-refractivity contribution in [3.05, 3.63) is 29.3 Å². The lowest BCUT2D eigenvalue weighted by Gasteiger charge is -2.34. The van der Waals surface area contributed by atoms with Gasteiger partial charge in [0, 0.05) is 43.5 Å². The molecule has 5 nitrogen and oxygen atoms in total. The number of hydrogen-bond acceptors (Lipinski definition) is 5. The third-order valence-corrected chi connectivity index (χ3v) is 5.02. The Morgan fingerprint density at radius 2 is 2.17 bits per heavy atom. The lowest BCUT2D eigenvalue weighted by atomic mass is 10.00. The van der Waals surface area contributed by atoms with E-state index in [1.165, 1.54) is 6.42 Å². The lowest BCUT2D eigenvalue weighted by Crippen LogP contribution is -2.41. The fourth-order valence-electron chi connectivity index (χ4n) is 3.61. The number of nitriles is 1. The maximum atomic E-state index is 11.8. The first-order valence-electron chi connectivity index (χ1n) is 8.77. The summed E-state index contributed by atoms with van der Waals surface area (Å²) >= 11 is 0. The highest BCUT2D eigenvalue weighted by atomic mass is 16.5. The molecule has 0 spiro atoms. The van der Waals surface area contributed by atoms with Gasteiger partial charge in [0.05, 0.1) is 18.2 Å². The van der Waals surface area contributed by atoms with Crippen molar-refractivity contribution in [1.82, 2.24) is 4.90 Å². The van der Waals surface area contributed by atoms with Gasteiger partial charge < -0.3 is 15.0 Å². The van der Waals surface area contributed by atoms with Gasteiger partial charge in [0.1, 0.15) is 0 Å². The molecule has 0 aromatic heterocycles. The molecular formula is C19H25N3O2. The van der Waals surface area contributed by atoms with Crippen molar-refractivity contribution in [1.29, 1.82) is 5.26 Å². The fourth-order valence-corrected chi connectivity index (χ4v) is 3.61. The Hall–Kier alpha value is -1.90. The lowest BCUT2D eigenvalue weighted by molar-refractivity contribution is 0.101. The number of hydrogen-bond donors (Lipinski definition) is 1. The van der Waals surface area contributed by atoms with Crippen molar-refractivity contribution in [3.8, 4) is 6.07 Å². The van der Waals surface area contributed by atoms with E-state index in [9.17, 15) is 4.79 Å². The van der Waals surface area contributed by atoms with Crippen LogP contribution in [-0.4, -0.2) is 49.6 Å². The summed E-state index contributed by atoms with van der Waals surface area (Å²) in [7, 11) is 0. The molecule has 3 rings (SSSR count). The van der Waals surface area contributed by atoms with Gasteiger partial charge in [-0.05, 0) is 50.3 Å². The molecule has 1 aromatic carbocycles. The molecule has 24 heavy (non-hydrogen) atoms. The van der Waals surface area contributed by atoms with E-state index >= 15 is 0 Å². The number of benzene rings is 1. The summed E-state index contributed by atoms with van der Waals surface area (Å²) in [5.74, 6) is 0.715. The molecule has 2 aliphatic rings. The minimum Gasteiger partial charge on any atom is -0.382 e. The maximum absolute atomic E-state index is 11.8. The molecule has 0 aliphatic carbocycles. The number of carbonyl (C=O) groups excluding carboxylic acids is 1. The molecule has 5 heteroatoms. The molecule has 0 saturated carbocycles. The average molecular weight is 327 g/mol. The highest BCUT2D eigenvalue weighted by molar-refractivity contribution is 5.99. The Labute approximate surface area is 143 Å². The maximum Gasteiger partial charge on any atom is 0.161 e. The van der Waals surface area contributed by atoms with Gasteiger partial charge in [0.25, 0.3) is 0 Å². The molecule has 1 N–H and O–H groups in total. The summed E-state index contributed by atoms with van der Waals surface area (Å²) in [5, 5.41) is 12.6. The van der Waals surface area contributed by atoms with E-state index in [2.05, 4.69) is 16.3 Å². The number of ether oxygens (including phenoxy) is 1. The van der Waals surface area contributed by atoms with Crippen molar-refractivity contribution in [2.45, 2.75) is 32.2 Å². The third kappa shape index (κ3) is 4.14. The van der Waals surface area contributed by atoms with E-state index in [0.29, 0.717) is 23.1 Å². The molecule has 0 amide bonds. The predicted octanol–water partition coefficient (Wildman–Crippen LogP) is 2.67. The monoisotopic (exact) mass is 327 g/mol. The van der Waals surface area contributed by atoms with Crippen LogP contribution in [-0.2, 0) is 4.74 Å². The summed E-state index contributed by atoms with van der Waals surface area (Å²) in [5.41, 5.74) is 2.05. The van der Waals surface area contributed by atoms with Crippen LogP contribution >= 0.6 is 0 Å². The first kappa shape index (κ1) is 16.9. The van der Waals surface area contributed by atoms with E-state index in [1.54, 1.807) is 25.1 Å². The molecule has 2 heterocycles. The highest BCUT2D eigenvalue weighted by Gasteiger charge is 2.24. The van der Waals surface area contributed by atoms with Crippen LogP contribution in [0.4, 0.5) is 5.69 Å². The summed E-state index contributed by atoms with van der Waals surface area (Å²) in [4.78, 5) is 14.3. The number of Topliss-reactive ketones (excluding diaryl/α,β-unsaturated/α-hetero) is 1. The van der Waals surface area contributed by atoms with Crippen LogP contribution in [0.5, 0.6) is 0 Å². The van der Waals surface area contributed by atoms with Gasteiger partial charge >= 0.3 is 0 Å². The van der Waals surface area contributed by atoms with Crippen LogP contribution in [0.2, 0.25) is 0 Å². The summed E-state index contributed by atoms with van der Waals surface area (Å²) in [6.45, 7) is 6.66. The molecule has 1 unspecified atom stereocenters. The molecule has 0 radical (unpaired) electrons. The number of nitrogens with zero attached hydrogens (tertiary/aromatic N) is 2. The van der Waals surface area contributed by atoms with E-state index in [4.69, 9.17) is 10.00 Å². The number of piperidine rings is 1. The van der Waals surface area contributed by atoms with E-state index in [0.717, 1.165) is 51.4 Å². The van der Waals surface area contributed by atoms with Crippen molar-refractivity contribution >= 4 is 11.5 Å². The van der Waals surface area contributed by atoms with Crippen LogP contribution in [0.3, 0.4) is 0 Å². The van der Waals surface area contributed by atoms with Gasteiger partial charge in [-0.3, -0.25) is 4.79 Å². The van der Waals surface area contributed by atoms with Crippen LogP contribution in [0.1, 0.15) is 42.1 Å². The molecule has 1 aromatic rings. The number of likely N-dealkylation sites (tertiary alicyclic amines) is 1. The number of ketones is 1. The minimum atomic E-state index is 0.0284. The first-order valence-corrected chi connectivity index (χ1v) is 8.77. The van der Waals surface area contributed by atoms with E-state index in [-0.39, 0.29) is 5.78 Å². The molecule has 2 saturated heterocycles. The topological polar surface area (TPSA) is 65.4 Å². The number of anilines is 1. The Kier molecular flexibility index (Phi) is 5.49. The van der Waals surface area contributed by atoms with Gasteiger partial charge in [-0.2, -0.15) is 5.26 Å². The number of carbonyl (C=O) groups is 1. The van der Waals surface area contributed by atoms with Crippen molar-refractivity contribution in [2.24, 2.45) is 5.92 Å². The predicted molar refractivity (Wildman–Crippen MR) is 93.2 cm³/mol. The van der Waals surface area contributed by atoms with Crippen LogP contribution in [0.25, 0.3) is 0 Å². The van der Waals surface area contributed by atoms with Crippen molar-refractivity contribution in [3.63, 3.8) is 0 Å². The van der Waals surface area contributed by atoms with Crippen LogP contribution in [0, 0.1) is 17.2 Å². The SMILES string of the molecule is CC(=O)c1ccc(C#N)cc1NC1CCN(CC2CCOC2)CC1. The van der Waals surface area contributed by atoms with E-state index in [1.807, 2.05) is 0 Å². The first-order chi connectivity index (χ1) is 11.7. The molecule has 2 fully saturated rings. The van der Waals surface area contributed by atoms with Crippen molar-refractivity contribution in [2.75, 3.05) is 38.2 Å². The molecule has 1 atom stereocenters. The Morgan fingerprint density at radius 3 is 2.79 bits per heavy atom. The average Bonchev–Trinajstić information content (AvgIpc) is 3.09. The highest BCUT2D eigenvalue weighted by Crippen LogP contribution is 2.23.